The van der Waals surface area contributed by atoms with Gasteiger partial charge in [-0.1, -0.05) is 6.42 Å². The molecule has 3 nitrogen and oxygen atoms in total. The standard InChI is InChI=1S/C12H21N3/c1-15(7-10-3-2-4-10)9-12(14,8-13)11-5-6-11/h10-11H,2-7,9,14H2,1H3. The Morgan fingerprint density at radius 3 is 2.47 bits per heavy atom. The monoisotopic (exact) mass is 207 g/mol. The van der Waals surface area contributed by atoms with Crippen molar-refractivity contribution >= 4 is 0 Å². The van der Waals surface area contributed by atoms with Crippen molar-refractivity contribution in [2.75, 3.05) is 20.1 Å². The first kappa shape index (κ1) is 10.9. The van der Waals surface area contributed by atoms with Crippen LogP contribution in [0.5, 0.6) is 0 Å². The zero-order chi connectivity index (χ0) is 10.9. The van der Waals surface area contributed by atoms with Gasteiger partial charge in [-0.25, -0.2) is 0 Å². The molecule has 0 aliphatic heterocycles. The summed E-state index contributed by atoms with van der Waals surface area (Å²) in [6, 6.07) is 2.32. The third-order valence-electron chi connectivity index (χ3n) is 3.84. The summed E-state index contributed by atoms with van der Waals surface area (Å²) in [5.41, 5.74) is 5.55. The molecule has 0 amide bonds. The Morgan fingerprint density at radius 1 is 1.40 bits per heavy atom. The average Bonchev–Trinajstić information content (AvgIpc) is 2.94. The number of rotatable bonds is 5. The van der Waals surface area contributed by atoms with Gasteiger partial charge in [0.05, 0.1) is 6.07 Å². The molecule has 0 saturated heterocycles. The molecule has 2 N–H and O–H groups in total. The van der Waals surface area contributed by atoms with Crippen LogP contribution in [-0.2, 0) is 0 Å². The van der Waals surface area contributed by atoms with Crippen molar-refractivity contribution < 1.29 is 0 Å². The zero-order valence-electron chi connectivity index (χ0n) is 9.58. The number of hydrogen-bond acceptors (Lipinski definition) is 3. The molecule has 2 aliphatic rings. The van der Waals surface area contributed by atoms with Crippen LogP contribution in [0.1, 0.15) is 32.1 Å². The van der Waals surface area contributed by atoms with Crippen LogP contribution in [0.4, 0.5) is 0 Å². The molecule has 0 aromatic rings. The first-order valence-electron chi connectivity index (χ1n) is 6.03. The number of hydrogen-bond donors (Lipinski definition) is 1. The second-order valence-corrected chi connectivity index (χ2v) is 5.42. The molecule has 3 heteroatoms. The Hall–Kier alpha value is -0.590. The van der Waals surface area contributed by atoms with E-state index in [4.69, 9.17) is 11.0 Å². The summed E-state index contributed by atoms with van der Waals surface area (Å²) in [6.07, 6.45) is 6.38. The van der Waals surface area contributed by atoms with Gasteiger partial charge < -0.3 is 10.6 Å². The molecule has 0 heterocycles. The lowest BCUT2D eigenvalue weighted by Gasteiger charge is -2.33. The fourth-order valence-electron chi connectivity index (χ4n) is 2.48. The maximum atomic E-state index is 9.15. The molecule has 0 bridgehead atoms. The van der Waals surface area contributed by atoms with E-state index in [2.05, 4.69) is 18.0 Å². The van der Waals surface area contributed by atoms with Gasteiger partial charge in [0.1, 0.15) is 5.54 Å². The average molecular weight is 207 g/mol. The van der Waals surface area contributed by atoms with Gasteiger partial charge >= 0.3 is 0 Å². The molecule has 2 aliphatic carbocycles. The molecule has 1 atom stereocenters. The Bertz CT molecular complexity index is 263. The second kappa shape index (κ2) is 4.11. The van der Waals surface area contributed by atoms with Gasteiger partial charge in [-0.15, -0.1) is 0 Å². The number of nitrogens with zero attached hydrogens (tertiary/aromatic N) is 2. The number of nitrogens with two attached hydrogens (primary N) is 1. The van der Waals surface area contributed by atoms with E-state index < -0.39 is 5.54 Å². The summed E-state index contributed by atoms with van der Waals surface area (Å²) >= 11 is 0. The lowest BCUT2D eigenvalue weighted by molar-refractivity contribution is 0.181. The highest BCUT2D eigenvalue weighted by molar-refractivity contribution is 5.14. The van der Waals surface area contributed by atoms with Crippen LogP contribution in [0.2, 0.25) is 0 Å². The van der Waals surface area contributed by atoms with Gasteiger partial charge in [0.15, 0.2) is 0 Å². The van der Waals surface area contributed by atoms with Gasteiger partial charge in [-0.05, 0) is 44.6 Å². The molecule has 0 spiro atoms. The van der Waals surface area contributed by atoms with E-state index in [1.54, 1.807) is 0 Å². The van der Waals surface area contributed by atoms with Gasteiger partial charge in [0.2, 0.25) is 0 Å². The predicted octanol–water partition coefficient (Wildman–Crippen LogP) is 1.35. The largest absolute Gasteiger partial charge is 0.312 e. The Morgan fingerprint density at radius 2 is 2.07 bits per heavy atom. The predicted molar refractivity (Wildman–Crippen MR) is 60.1 cm³/mol. The van der Waals surface area contributed by atoms with Crippen LogP contribution < -0.4 is 5.73 Å². The Kier molecular flexibility index (Phi) is 2.99. The lowest BCUT2D eigenvalue weighted by atomic mass is 9.84. The molecule has 0 aromatic heterocycles. The minimum atomic E-state index is -0.585. The smallest absolute Gasteiger partial charge is 0.119 e. The molecule has 15 heavy (non-hydrogen) atoms. The Labute approximate surface area is 92.2 Å². The summed E-state index contributed by atoms with van der Waals surface area (Å²) in [6.45, 7) is 1.86. The van der Waals surface area contributed by atoms with Gasteiger partial charge in [-0.2, -0.15) is 5.26 Å². The van der Waals surface area contributed by atoms with Crippen molar-refractivity contribution in [3.8, 4) is 6.07 Å². The van der Waals surface area contributed by atoms with Crippen LogP contribution in [0, 0.1) is 23.2 Å². The van der Waals surface area contributed by atoms with E-state index >= 15 is 0 Å². The fraction of sp³-hybridized carbons (Fsp3) is 0.917. The van der Waals surface area contributed by atoms with E-state index in [1.807, 2.05) is 0 Å². The fourth-order valence-corrected chi connectivity index (χ4v) is 2.48. The van der Waals surface area contributed by atoms with E-state index in [0.717, 1.165) is 31.8 Å². The van der Waals surface area contributed by atoms with E-state index in [9.17, 15) is 0 Å². The van der Waals surface area contributed by atoms with Gasteiger partial charge in [0.25, 0.3) is 0 Å². The normalized spacial score (nSPS) is 25.7. The second-order valence-electron chi connectivity index (χ2n) is 5.42. The molecule has 2 fully saturated rings. The first-order chi connectivity index (χ1) is 7.14. The molecule has 1 unspecified atom stereocenters. The summed E-state index contributed by atoms with van der Waals surface area (Å²) in [5, 5.41) is 9.15. The maximum Gasteiger partial charge on any atom is 0.119 e. The minimum absolute atomic E-state index is 0.450. The Balaban J connectivity index is 1.80. The van der Waals surface area contributed by atoms with Crippen LogP contribution in [0.15, 0.2) is 0 Å². The SMILES string of the molecule is CN(CC1CCC1)CC(N)(C#N)C1CC1. The molecule has 2 saturated carbocycles. The molecular weight excluding hydrogens is 186 g/mol. The minimum Gasteiger partial charge on any atom is -0.312 e. The highest BCUT2D eigenvalue weighted by Gasteiger charge is 2.43. The van der Waals surface area contributed by atoms with Crippen LogP contribution in [0.3, 0.4) is 0 Å². The highest BCUT2D eigenvalue weighted by Crippen LogP contribution is 2.38. The molecule has 2 rings (SSSR count). The number of nitriles is 1. The van der Waals surface area contributed by atoms with Crippen molar-refractivity contribution in [1.82, 2.24) is 4.90 Å². The zero-order valence-corrected chi connectivity index (χ0v) is 9.58. The van der Waals surface area contributed by atoms with Gasteiger partial charge in [-0.3, -0.25) is 0 Å². The van der Waals surface area contributed by atoms with Gasteiger partial charge in [0, 0.05) is 13.1 Å². The third-order valence-corrected chi connectivity index (χ3v) is 3.84. The van der Waals surface area contributed by atoms with Crippen molar-refractivity contribution in [2.24, 2.45) is 17.6 Å². The maximum absolute atomic E-state index is 9.15. The highest BCUT2D eigenvalue weighted by atomic mass is 15.1. The quantitative estimate of drug-likeness (QED) is 0.740. The third kappa shape index (κ3) is 2.50. The van der Waals surface area contributed by atoms with Crippen LogP contribution in [-0.4, -0.2) is 30.6 Å². The lowest BCUT2D eigenvalue weighted by Crippen LogP contribution is -2.51. The summed E-state index contributed by atoms with van der Waals surface area (Å²) in [5.74, 6) is 1.31. The van der Waals surface area contributed by atoms with Crippen LogP contribution >= 0.6 is 0 Å². The summed E-state index contributed by atoms with van der Waals surface area (Å²) in [7, 11) is 2.10. The van der Waals surface area contributed by atoms with Crippen molar-refractivity contribution in [3.05, 3.63) is 0 Å². The summed E-state index contributed by atoms with van der Waals surface area (Å²) in [4.78, 5) is 2.26. The van der Waals surface area contributed by atoms with E-state index in [1.165, 1.54) is 19.3 Å². The molecular formula is C12H21N3. The first-order valence-corrected chi connectivity index (χ1v) is 6.03. The van der Waals surface area contributed by atoms with Crippen molar-refractivity contribution in [1.29, 1.82) is 5.26 Å². The van der Waals surface area contributed by atoms with E-state index in [0.29, 0.717) is 5.92 Å². The number of likely N-dealkylation sites (N-methyl/N-ethyl adjacent to an activating group) is 1. The topological polar surface area (TPSA) is 53.0 Å². The van der Waals surface area contributed by atoms with Crippen molar-refractivity contribution in [3.63, 3.8) is 0 Å². The van der Waals surface area contributed by atoms with E-state index in [-0.39, 0.29) is 0 Å². The summed E-state index contributed by atoms with van der Waals surface area (Å²) < 4.78 is 0. The molecule has 0 aromatic carbocycles. The molecule has 0 radical (unpaired) electrons. The van der Waals surface area contributed by atoms with Crippen molar-refractivity contribution in [2.45, 2.75) is 37.6 Å². The van der Waals surface area contributed by atoms with Crippen LogP contribution in [0.25, 0.3) is 0 Å². The molecule has 84 valence electrons.